The summed E-state index contributed by atoms with van der Waals surface area (Å²) in [5.74, 6) is -0.551. The number of hydrogen-bond donors (Lipinski definition) is 0. The molecule has 0 unspecified atom stereocenters. The van der Waals surface area contributed by atoms with Gasteiger partial charge in [0.25, 0.3) is 5.91 Å². The quantitative estimate of drug-likeness (QED) is 0.846. The molecule has 1 fully saturated rings. The van der Waals surface area contributed by atoms with Crippen LogP contribution in [0.5, 0.6) is 0 Å². The van der Waals surface area contributed by atoms with E-state index >= 15 is 0 Å². The predicted molar refractivity (Wildman–Crippen MR) is 80.1 cm³/mol. The normalized spacial score (nSPS) is 14.4. The third kappa shape index (κ3) is 2.79. The highest BCUT2D eigenvalue weighted by Crippen LogP contribution is 2.33. The number of rotatable bonds is 2. The molecule has 24 heavy (non-hydrogen) atoms. The van der Waals surface area contributed by atoms with Crippen LogP contribution in [0.25, 0.3) is 5.69 Å². The Bertz CT molecular complexity index is 854. The molecule has 0 spiro atoms. The van der Waals surface area contributed by atoms with E-state index in [1.54, 1.807) is 0 Å². The van der Waals surface area contributed by atoms with Crippen LogP contribution in [0.1, 0.15) is 28.2 Å². The lowest BCUT2D eigenvalue weighted by molar-refractivity contribution is -0.137. The molecule has 1 saturated heterocycles. The highest BCUT2D eigenvalue weighted by Gasteiger charge is 2.34. The number of hydrogen-bond acceptors (Lipinski definition) is 3. The van der Waals surface area contributed by atoms with E-state index < -0.39 is 23.1 Å². The maximum Gasteiger partial charge on any atom is 0.418 e. The predicted octanol–water partition coefficient (Wildman–Crippen LogP) is 2.41. The average molecular weight is 337 g/mol. The number of alkyl halides is 3. The molecule has 1 aliphatic heterocycles. The fraction of sp³-hybridized carbons (Fsp3) is 0.312. The van der Waals surface area contributed by atoms with E-state index in [1.165, 1.54) is 30.0 Å². The highest BCUT2D eigenvalue weighted by atomic mass is 19.4. The van der Waals surface area contributed by atoms with Gasteiger partial charge in [0.1, 0.15) is 0 Å². The van der Waals surface area contributed by atoms with E-state index in [1.807, 2.05) is 0 Å². The summed E-state index contributed by atoms with van der Waals surface area (Å²) >= 11 is 0. The van der Waals surface area contributed by atoms with Crippen LogP contribution >= 0.6 is 0 Å². The maximum atomic E-state index is 13.2. The molecular weight excluding hydrogens is 323 g/mol. The second-order valence-electron chi connectivity index (χ2n) is 5.57. The van der Waals surface area contributed by atoms with E-state index in [9.17, 15) is 22.8 Å². The average Bonchev–Trinajstić information content (AvgIpc) is 2.44. The minimum Gasteiger partial charge on any atom is -0.337 e. The smallest absolute Gasteiger partial charge is 0.337 e. The van der Waals surface area contributed by atoms with Crippen molar-refractivity contribution in [2.45, 2.75) is 19.5 Å². The van der Waals surface area contributed by atoms with Crippen molar-refractivity contribution in [3.8, 4) is 5.69 Å². The molecule has 0 bridgehead atoms. The van der Waals surface area contributed by atoms with Gasteiger partial charge >= 0.3 is 6.18 Å². The zero-order chi connectivity index (χ0) is 17.5. The molecule has 1 aromatic heterocycles. The van der Waals surface area contributed by atoms with Crippen LogP contribution in [-0.4, -0.2) is 33.7 Å². The van der Waals surface area contributed by atoms with E-state index in [-0.39, 0.29) is 17.1 Å². The van der Waals surface area contributed by atoms with Crippen LogP contribution in [-0.2, 0) is 6.18 Å². The van der Waals surface area contributed by atoms with Gasteiger partial charge in [0.05, 0.1) is 11.3 Å². The Balaban J connectivity index is 2.16. The molecule has 1 amide bonds. The van der Waals surface area contributed by atoms with Crippen molar-refractivity contribution >= 4 is 5.91 Å². The topological polar surface area (TPSA) is 55.2 Å². The van der Waals surface area contributed by atoms with Crippen LogP contribution in [0.4, 0.5) is 13.2 Å². The summed E-state index contributed by atoms with van der Waals surface area (Å²) in [6, 6.07) is 6.04. The summed E-state index contributed by atoms with van der Waals surface area (Å²) in [7, 11) is 0. The molecule has 8 heteroatoms. The van der Waals surface area contributed by atoms with Crippen molar-refractivity contribution in [2.24, 2.45) is 0 Å². The van der Waals surface area contributed by atoms with Gasteiger partial charge in [-0.05, 0) is 25.5 Å². The van der Waals surface area contributed by atoms with Gasteiger partial charge in [0, 0.05) is 24.8 Å². The molecule has 0 atom stereocenters. The largest absolute Gasteiger partial charge is 0.418 e. The second kappa shape index (κ2) is 5.77. The van der Waals surface area contributed by atoms with Crippen molar-refractivity contribution in [1.29, 1.82) is 0 Å². The van der Waals surface area contributed by atoms with Crippen molar-refractivity contribution in [3.05, 3.63) is 57.5 Å². The van der Waals surface area contributed by atoms with E-state index in [0.717, 1.165) is 23.2 Å². The van der Waals surface area contributed by atoms with Crippen molar-refractivity contribution < 1.29 is 18.0 Å². The number of halogens is 3. The minimum atomic E-state index is -4.57. The molecule has 0 aliphatic carbocycles. The lowest BCUT2D eigenvalue weighted by Crippen LogP contribution is -2.44. The Hall–Kier alpha value is -2.64. The first-order valence-corrected chi connectivity index (χ1v) is 7.36. The third-order valence-electron chi connectivity index (χ3n) is 3.89. The molecule has 0 radical (unpaired) electrons. The number of carbonyl (C=O) groups excluding carboxylic acids is 1. The molecule has 1 aliphatic rings. The zero-order valence-electron chi connectivity index (χ0n) is 12.8. The number of benzene rings is 1. The standard InChI is InChI=1S/C16H14F3N3O2/c1-10-9-13(23)14(15(24)21-7-4-8-21)20-22(10)12-6-3-2-5-11(12)16(17,18)19/h2-3,5-6,9H,4,7-8H2,1H3. The molecule has 1 aromatic carbocycles. The summed E-state index contributed by atoms with van der Waals surface area (Å²) in [6.45, 7) is 2.51. The number of aryl methyl sites for hydroxylation is 1. The van der Waals surface area contributed by atoms with Gasteiger partial charge in [-0.1, -0.05) is 12.1 Å². The van der Waals surface area contributed by atoms with Gasteiger partial charge in [0.15, 0.2) is 5.69 Å². The van der Waals surface area contributed by atoms with Crippen LogP contribution in [0.15, 0.2) is 35.1 Å². The highest BCUT2D eigenvalue weighted by molar-refractivity contribution is 5.92. The molecular formula is C16H14F3N3O2. The van der Waals surface area contributed by atoms with E-state index in [2.05, 4.69) is 5.10 Å². The summed E-state index contributed by atoms with van der Waals surface area (Å²) in [5, 5.41) is 3.93. The summed E-state index contributed by atoms with van der Waals surface area (Å²) in [6.07, 6.45) is -3.74. The van der Waals surface area contributed by atoms with Crippen molar-refractivity contribution in [3.63, 3.8) is 0 Å². The fourth-order valence-corrected chi connectivity index (χ4v) is 2.51. The van der Waals surface area contributed by atoms with Crippen LogP contribution < -0.4 is 5.43 Å². The van der Waals surface area contributed by atoms with Gasteiger partial charge < -0.3 is 4.90 Å². The molecule has 0 saturated carbocycles. The second-order valence-corrected chi connectivity index (χ2v) is 5.57. The fourth-order valence-electron chi connectivity index (χ4n) is 2.51. The van der Waals surface area contributed by atoms with E-state index in [0.29, 0.717) is 13.1 Å². The first-order chi connectivity index (χ1) is 11.3. The van der Waals surface area contributed by atoms with Gasteiger partial charge in [0.2, 0.25) is 5.43 Å². The first kappa shape index (κ1) is 16.2. The summed E-state index contributed by atoms with van der Waals surface area (Å²) in [5.41, 5.74) is -1.84. The third-order valence-corrected chi connectivity index (χ3v) is 3.89. The molecule has 5 nitrogen and oxygen atoms in total. The number of amides is 1. The SMILES string of the molecule is Cc1cc(=O)c(C(=O)N2CCC2)nn1-c1ccccc1C(F)(F)F. The summed E-state index contributed by atoms with van der Waals surface area (Å²) in [4.78, 5) is 25.7. The van der Waals surface area contributed by atoms with Gasteiger partial charge in [-0.2, -0.15) is 18.3 Å². The molecule has 126 valence electrons. The number of para-hydroxylation sites is 1. The lowest BCUT2D eigenvalue weighted by atomic mass is 10.1. The van der Waals surface area contributed by atoms with Crippen LogP contribution in [0.3, 0.4) is 0 Å². The zero-order valence-corrected chi connectivity index (χ0v) is 12.8. The Morgan fingerprint density at radius 1 is 1.21 bits per heavy atom. The van der Waals surface area contributed by atoms with Crippen LogP contribution in [0, 0.1) is 6.92 Å². The lowest BCUT2D eigenvalue weighted by Gasteiger charge is -2.30. The van der Waals surface area contributed by atoms with Gasteiger partial charge in [-0.25, -0.2) is 4.68 Å². The summed E-state index contributed by atoms with van der Waals surface area (Å²) < 4.78 is 40.7. The van der Waals surface area contributed by atoms with E-state index in [4.69, 9.17) is 0 Å². The van der Waals surface area contributed by atoms with Crippen molar-refractivity contribution in [1.82, 2.24) is 14.7 Å². The van der Waals surface area contributed by atoms with Gasteiger partial charge in [-0.15, -0.1) is 0 Å². The number of likely N-dealkylation sites (tertiary alicyclic amines) is 1. The maximum absolute atomic E-state index is 13.2. The number of aromatic nitrogens is 2. The van der Waals surface area contributed by atoms with Crippen LogP contribution in [0.2, 0.25) is 0 Å². The van der Waals surface area contributed by atoms with Gasteiger partial charge in [-0.3, -0.25) is 9.59 Å². The Morgan fingerprint density at radius 3 is 2.46 bits per heavy atom. The molecule has 2 heterocycles. The number of carbonyl (C=O) groups is 1. The van der Waals surface area contributed by atoms with Crippen molar-refractivity contribution in [2.75, 3.05) is 13.1 Å². The molecule has 2 aromatic rings. The Morgan fingerprint density at radius 2 is 1.88 bits per heavy atom. The number of nitrogens with zero attached hydrogens (tertiary/aromatic N) is 3. The molecule has 3 rings (SSSR count). The Labute approximate surface area is 135 Å². The molecule has 0 N–H and O–H groups in total. The first-order valence-electron chi connectivity index (χ1n) is 7.36. The monoisotopic (exact) mass is 337 g/mol. The minimum absolute atomic E-state index is 0.219. The Kier molecular flexibility index (Phi) is 3.90.